The van der Waals surface area contributed by atoms with Crippen molar-refractivity contribution in [2.45, 2.75) is 46.1 Å². The Morgan fingerprint density at radius 1 is 1.06 bits per heavy atom. The Morgan fingerprint density at radius 3 is 2.18 bits per heavy atom. The first-order valence-electron chi connectivity index (χ1n) is 10.7. The highest BCUT2D eigenvalue weighted by Crippen LogP contribution is 2.27. The van der Waals surface area contributed by atoms with Crippen LogP contribution in [0, 0.1) is 0 Å². The van der Waals surface area contributed by atoms with Gasteiger partial charge in [0.1, 0.15) is 4.88 Å². The summed E-state index contributed by atoms with van der Waals surface area (Å²) in [6, 6.07) is 7.18. The highest BCUT2D eigenvalue weighted by molar-refractivity contribution is 7.17. The number of thiazole rings is 1. The Labute approximate surface area is 203 Å². The molecule has 11 heteroatoms. The van der Waals surface area contributed by atoms with Crippen molar-refractivity contribution < 1.29 is 24.3 Å². The summed E-state index contributed by atoms with van der Waals surface area (Å²) in [7, 11) is 3.20. The lowest BCUT2D eigenvalue weighted by atomic mass is 10.0. The molecule has 4 amide bonds. The molecule has 2 rings (SSSR count). The largest absolute Gasteiger partial charge is 0.465 e. The standard InChI is InChI=1S/C23H31N5O5S/c1-14(29)25-21-26-17(19(34-21)20(31)24-13-18(30)27(5)6)12-9-15-7-10-16(11-8-15)28(22(32)33)23(2,3)4/h7-8,10-11H,9,12-13H2,1-6H3,(H,24,31)(H,32,33)(H,25,26,29). The van der Waals surface area contributed by atoms with E-state index in [9.17, 15) is 24.3 Å². The molecule has 0 saturated heterocycles. The molecular weight excluding hydrogens is 458 g/mol. The Kier molecular flexibility index (Phi) is 8.74. The minimum Gasteiger partial charge on any atom is -0.465 e. The van der Waals surface area contributed by atoms with Crippen LogP contribution in [0.3, 0.4) is 0 Å². The molecule has 1 aromatic carbocycles. The van der Waals surface area contributed by atoms with Crippen LogP contribution in [0.2, 0.25) is 0 Å². The molecule has 0 saturated carbocycles. The lowest BCUT2D eigenvalue weighted by Gasteiger charge is -2.33. The average molecular weight is 490 g/mol. The third kappa shape index (κ3) is 7.27. The molecule has 34 heavy (non-hydrogen) atoms. The molecule has 1 aromatic heterocycles. The molecule has 0 aliphatic heterocycles. The first-order valence-corrected chi connectivity index (χ1v) is 11.5. The lowest BCUT2D eigenvalue weighted by Crippen LogP contribution is -2.45. The number of carbonyl (C=O) groups excluding carboxylic acids is 3. The van der Waals surface area contributed by atoms with E-state index in [-0.39, 0.29) is 18.4 Å². The monoisotopic (exact) mass is 489 g/mol. The smallest absolute Gasteiger partial charge is 0.412 e. The van der Waals surface area contributed by atoms with Crippen LogP contribution < -0.4 is 15.5 Å². The van der Waals surface area contributed by atoms with Crippen molar-refractivity contribution in [2.24, 2.45) is 0 Å². The predicted molar refractivity (Wildman–Crippen MR) is 132 cm³/mol. The van der Waals surface area contributed by atoms with E-state index in [0.717, 1.165) is 16.9 Å². The molecule has 0 unspecified atom stereocenters. The molecule has 2 aromatic rings. The van der Waals surface area contributed by atoms with Crippen LogP contribution in [0.4, 0.5) is 15.6 Å². The zero-order valence-electron chi connectivity index (χ0n) is 20.3. The van der Waals surface area contributed by atoms with Crippen LogP contribution in [0.1, 0.15) is 48.6 Å². The zero-order valence-corrected chi connectivity index (χ0v) is 21.1. The second kappa shape index (κ2) is 11.1. The number of nitrogens with zero attached hydrogens (tertiary/aromatic N) is 3. The van der Waals surface area contributed by atoms with Crippen LogP contribution in [0.15, 0.2) is 24.3 Å². The number of anilines is 2. The highest BCUT2D eigenvalue weighted by Gasteiger charge is 2.27. The third-order valence-corrected chi connectivity index (χ3v) is 5.80. The van der Waals surface area contributed by atoms with E-state index in [4.69, 9.17) is 0 Å². The van der Waals surface area contributed by atoms with Crippen molar-refractivity contribution in [2.75, 3.05) is 30.9 Å². The van der Waals surface area contributed by atoms with Crippen LogP contribution in [-0.2, 0) is 22.4 Å². The predicted octanol–water partition coefficient (Wildman–Crippen LogP) is 2.99. The van der Waals surface area contributed by atoms with Crippen molar-refractivity contribution in [3.05, 3.63) is 40.4 Å². The Morgan fingerprint density at radius 2 is 1.68 bits per heavy atom. The number of aromatic nitrogens is 1. The van der Waals surface area contributed by atoms with Gasteiger partial charge in [0, 0.05) is 32.2 Å². The van der Waals surface area contributed by atoms with E-state index >= 15 is 0 Å². The molecule has 0 aliphatic carbocycles. The number of benzene rings is 1. The SMILES string of the molecule is CC(=O)Nc1nc(CCc2ccc(N(C(=O)O)C(C)(C)C)cc2)c(C(=O)NCC(=O)N(C)C)s1. The number of carbonyl (C=O) groups is 4. The average Bonchev–Trinajstić information content (AvgIpc) is 3.11. The molecule has 3 N–H and O–H groups in total. The molecule has 0 atom stereocenters. The normalized spacial score (nSPS) is 11.0. The summed E-state index contributed by atoms with van der Waals surface area (Å²) in [5, 5.41) is 15.1. The first-order chi connectivity index (χ1) is 15.8. The van der Waals surface area contributed by atoms with E-state index in [1.807, 2.05) is 32.9 Å². The van der Waals surface area contributed by atoms with E-state index in [0.29, 0.717) is 34.2 Å². The maximum atomic E-state index is 12.7. The first kappa shape index (κ1) is 26.8. The number of nitrogens with one attached hydrogen (secondary N) is 2. The number of likely N-dealkylation sites (N-methyl/N-ethyl adjacent to an activating group) is 1. The number of hydrogen-bond acceptors (Lipinski definition) is 6. The van der Waals surface area contributed by atoms with Gasteiger partial charge in [-0.15, -0.1) is 0 Å². The topological polar surface area (TPSA) is 132 Å². The van der Waals surface area contributed by atoms with Gasteiger partial charge < -0.3 is 20.6 Å². The molecule has 10 nitrogen and oxygen atoms in total. The van der Waals surface area contributed by atoms with E-state index < -0.39 is 17.5 Å². The zero-order chi connectivity index (χ0) is 25.6. The molecule has 0 fully saturated rings. The van der Waals surface area contributed by atoms with Crippen molar-refractivity contribution in [3.8, 4) is 0 Å². The maximum absolute atomic E-state index is 12.7. The quantitative estimate of drug-likeness (QED) is 0.522. The van der Waals surface area contributed by atoms with Crippen molar-refractivity contribution in [1.29, 1.82) is 0 Å². The van der Waals surface area contributed by atoms with Gasteiger partial charge in [0.2, 0.25) is 11.8 Å². The van der Waals surface area contributed by atoms with Gasteiger partial charge in [-0.05, 0) is 51.3 Å². The molecule has 0 spiro atoms. The second-order valence-corrected chi connectivity index (χ2v) is 9.90. The van der Waals surface area contributed by atoms with Crippen molar-refractivity contribution in [1.82, 2.24) is 15.2 Å². The van der Waals surface area contributed by atoms with Crippen molar-refractivity contribution >= 4 is 46.0 Å². The summed E-state index contributed by atoms with van der Waals surface area (Å²) in [6.07, 6.45) is -0.0679. The van der Waals surface area contributed by atoms with Gasteiger partial charge in [0.25, 0.3) is 5.91 Å². The number of amides is 4. The highest BCUT2D eigenvalue weighted by atomic mass is 32.1. The fourth-order valence-corrected chi connectivity index (χ4v) is 4.13. The molecule has 0 bridgehead atoms. The summed E-state index contributed by atoms with van der Waals surface area (Å²) in [5.41, 5.74) is 1.42. The van der Waals surface area contributed by atoms with Crippen LogP contribution in [-0.4, -0.2) is 65.0 Å². The summed E-state index contributed by atoms with van der Waals surface area (Å²) >= 11 is 1.05. The molecule has 184 valence electrons. The fraction of sp³-hybridized carbons (Fsp3) is 0.435. The van der Waals surface area contributed by atoms with Gasteiger partial charge in [0.15, 0.2) is 5.13 Å². The summed E-state index contributed by atoms with van der Waals surface area (Å²) in [4.78, 5) is 55.0. The Balaban J connectivity index is 2.18. The third-order valence-electron chi connectivity index (χ3n) is 4.79. The van der Waals surface area contributed by atoms with E-state index in [2.05, 4.69) is 15.6 Å². The minimum atomic E-state index is -1.03. The van der Waals surface area contributed by atoms with Crippen molar-refractivity contribution in [3.63, 3.8) is 0 Å². The van der Waals surface area contributed by atoms with Crippen LogP contribution in [0.25, 0.3) is 0 Å². The molecule has 1 heterocycles. The van der Waals surface area contributed by atoms with Crippen LogP contribution in [0.5, 0.6) is 0 Å². The van der Waals surface area contributed by atoms with Gasteiger partial charge >= 0.3 is 6.09 Å². The fourth-order valence-electron chi connectivity index (χ4n) is 3.16. The summed E-state index contributed by atoms with van der Waals surface area (Å²) in [6.45, 7) is 6.68. The number of rotatable bonds is 8. The van der Waals surface area contributed by atoms with Gasteiger partial charge in [-0.1, -0.05) is 23.5 Å². The van der Waals surface area contributed by atoms with Gasteiger partial charge in [-0.3, -0.25) is 19.3 Å². The van der Waals surface area contributed by atoms with Gasteiger partial charge in [-0.2, -0.15) is 0 Å². The summed E-state index contributed by atoms with van der Waals surface area (Å²) in [5.74, 6) is -0.975. The van der Waals surface area contributed by atoms with E-state index in [1.54, 1.807) is 26.2 Å². The van der Waals surface area contributed by atoms with E-state index in [1.165, 1.54) is 16.7 Å². The number of hydrogen-bond donors (Lipinski definition) is 3. The lowest BCUT2D eigenvalue weighted by molar-refractivity contribution is -0.127. The molecule has 0 aliphatic rings. The molecule has 0 radical (unpaired) electrons. The molecular formula is C23H31N5O5S. The van der Waals surface area contributed by atoms with Crippen LogP contribution >= 0.6 is 11.3 Å². The van der Waals surface area contributed by atoms with Gasteiger partial charge in [-0.25, -0.2) is 9.78 Å². The maximum Gasteiger partial charge on any atom is 0.412 e. The number of aryl methyl sites for hydroxylation is 2. The van der Waals surface area contributed by atoms with Gasteiger partial charge in [0.05, 0.1) is 12.2 Å². The second-order valence-electron chi connectivity index (χ2n) is 8.90. The summed E-state index contributed by atoms with van der Waals surface area (Å²) < 4.78 is 0. The Hall–Kier alpha value is -3.47. The minimum absolute atomic E-state index is 0.145. The number of carboxylic acid groups (broad SMARTS) is 1. The Bertz CT molecular complexity index is 1060.